The van der Waals surface area contributed by atoms with E-state index in [1.165, 1.54) is 24.3 Å². The van der Waals surface area contributed by atoms with Gasteiger partial charge in [-0.3, -0.25) is 14.9 Å². The molecule has 126 valence electrons. The van der Waals surface area contributed by atoms with E-state index in [9.17, 15) is 14.9 Å². The maximum absolute atomic E-state index is 11.3. The topological polar surface area (TPSA) is 85.1 Å². The van der Waals surface area contributed by atoms with E-state index in [2.05, 4.69) is 10.3 Å². The number of carbonyl (C=O) groups excluding carboxylic acids is 1. The molecule has 1 aromatic heterocycles. The monoisotopic (exact) mass is 353 g/mol. The van der Waals surface area contributed by atoms with Crippen LogP contribution in [0.2, 0.25) is 0 Å². The zero-order chi connectivity index (χ0) is 18.0. The summed E-state index contributed by atoms with van der Waals surface area (Å²) in [5.74, 6) is 0.0176. The van der Waals surface area contributed by atoms with Gasteiger partial charge in [0.15, 0.2) is 10.9 Å². The van der Waals surface area contributed by atoms with Crippen LogP contribution < -0.4 is 5.32 Å². The maximum atomic E-state index is 11.3. The number of nitrogens with zero attached hydrogens (tertiary/aromatic N) is 2. The van der Waals surface area contributed by atoms with Gasteiger partial charge in [-0.05, 0) is 38.1 Å². The smallest absolute Gasteiger partial charge is 0.272 e. The molecule has 0 aliphatic carbocycles. The van der Waals surface area contributed by atoms with Crippen molar-refractivity contribution in [3.05, 3.63) is 69.1 Å². The lowest BCUT2D eigenvalue weighted by atomic mass is 10.1. The van der Waals surface area contributed by atoms with Gasteiger partial charge in [-0.1, -0.05) is 12.1 Å². The predicted molar refractivity (Wildman–Crippen MR) is 98.7 cm³/mol. The summed E-state index contributed by atoms with van der Waals surface area (Å²) in [6, 6.07) is 12.2. The number of hydrogen-bond donors (Lipinski definition) is 1. The molecule has 0 unspecified atom stereocenters. The average Bonchev–Trinajstić information content (AvgIpc) is 3.04. The van der Waals surface area contributed by atoms with E-state index in [-0.39, 0.29) is 16.4 Å². The number of Topliss-reactive ketones (excluding diaryl/α,β-unsaturated/α-hetero) is 1. The quantitative estimate of drug-likeness (QED) is 0.397. The molecule has 0 bridgehead atoms. The first-order valence-corrected chi connectivity index (χ1v) is 8.41. The molecule has 3 rings (SSSR count). The highest BCUT2D eigenvalue weighted by Gasteiger charge is 2.13. The van der Waals surface area contributed by atoms with Crippen LogP contribution in [0.25, 0.3) is 11.3 Å². The number of nitrogens with one attached hydrogen (secondary N) is 1. The molecule has 0 saturated heterocycles. The number of aromatic nitrogens is 1. The third kappa shape index (κ3) is 3.72. The van der Waals surface area contributed by atoms with Crippen LogP contribution in [0.4, 0.5) is 16.5 Å². The van der Waals surface area contributed by atoms with Crippen molar-refractivity contribution >= 4 is 33.6 Å². The zero-order valence-corrected chi connectivity index (χ0v) is 14.5. The molecule has 1 N–H and O–H groups in total. The Hall–Kier alpha value is -3.06. The fourth-order valence-corrected chi connectivity index (χ4v) is 3.08. The first kappa shape index (κ1) is 16.8. The Balaban J connectivity index is 1.82. The molecule has 0 aliphatic heterocycles. The van der Waals surface area contributed by atoms with E-state index in [4.69, 9.17) is 0 Å². The minimum atomic E-state index is -0.388. The Kier molecular flexibility index (Phi) is 4.58. The molecular formula is C18H15N3O3S. The second-order valence-electron chi connectivity index (χ2n) is 5.55. The van der Waals surface area contributed by atoms with Gasteiger partial charge in [0.1, 0.15) is 0 Å². The molecule has 0 fully saturated rings. The molecule has 0 radical (unpaired) electrons. The van der Waals surface area contributed by atoms with Gasteiger partial charge in [-0.15, -0.1) is 11.3 Å². The predicted octanol–water partition coefficient (Wildman–Crippen LogP) is 4.97. The van der Waals surface area contributed by atoms with Crippen molar-refractivity contribution in [1.29, 1.82) is 0 Å². The van der Waals surface area contributed by atoms with E-state index in [0.717, 1.165) is 5.69 Å². The summed E-state index contributed by atoms with van der Waals surface area (Å²) in [7, 11) is 0. The number of ketones is 1. The van der Waals surface area contributed by atoms with Gasteiger partial charge in [-0.2, -0.15) is 0 Å². The van der Waals surface area contributed by atoms with Gasteiger partial charge in [0, 0.05) is 33.8 Å². The first-order valence-electron chi connectivity index (χ1n) is 7.53. The number of benzene rings is 2. The highest BCUT2D eigenvalue weighted by atomic mass is 32.1. The number of aryl methyl sites for hydroxylation is 1. The summed E-state index contributed by atoms with van der Waals surface area (Å²) in [6.07, 6.45) is 0. The largest absolute Gasteiger partial charge is 0.332 e. The van der Waals surface area contributed by atoms with Crippen molar-refractivity contribution < 1.29 is 9.72 Å². The van der Waals surface area contributed by atoms with Gasteiger partial charge in [0.05, 0.1) is 10.6 Å². The maximum Gasteiger partial charge on any atom is 0.272 e. The lowest BCUT2D eigenvalue weighted by Crippen LogP contribution is -1.94. The summed E-state index contributed by atoms with van der Waals surface area (Å²) < 4.78 is 0. The molecule has 6 nitrogen and oxygen atoms in total. The Morgan fingerprint density at radius 2 is 1.92 bits per heavy atom. The number of nitro benzene ring substituents is 1. The fourth-order valence-electron chi connectivity index (χ4n) is 2.34. The van der Waals surface area contributed by atoms with E-state index >= 15 is 0 Å². The fraction of sp³-hybridized carbons (Fsp3) is 0.111. The van der Waals surface area contributed by atoms with Gasteiger partial charge >= 0.3 is 0 Å². The summed E-state index contributed by atoms with van der Waals surface area (Å²) in [5.41, 5.74) is 3.55. The number of hydrogen-bond acceptors (Lipinski definition) is 6. The van der Waals surface area contributed by atoms with Gasteiger partial charge in [0.25, 0.3) is 5.69 Å². The van der Waals surface area contributed by atoms with Crippen molar-refractivity contribution in [1.82, 2.24) is 4.98 Å². The van der Waals surface area contributed by atoms with Crippen molar-refractivity contribution in [3.8, 4) is 11.3 Å². The van der Waals surface area contributed by atoms with Crippen molar-refractivity contribution in [2.24, 2.45) is 0 Å². The van der Waals surface area contributed by atoms with Gasteiger partial charge in [0.2, 0.25) is 0 Å². The third-order valence-corrected chi connectivity index (χ3v) is 4.51. The molecule has 3 aromatic rings. The van der Waals surface area contributed by atoms with Gasteiger partial charge < -0.3 is 5.32 Å². The number of rotatable bonds is 5. The lowest BCUT2D eigenvalue weighted by Gasteiger charge is -2.03. The van der Waals surface area contributed by atoms with Crippen LogP contribution in [-0.4, -0.2) is 15.7 Å². The van der Waals surface area contributed by atoms with E-state index in [1.54, 1.807) is 25.1 Å². The highest BCUT2D eigenvalue weighted by Crippen LogP contribution is 2.30. The number of nitro groups is 1. The minimum Gasteiger partial charge on any atom is -0.332 e. The average molecular weight is 353 g/mol. The molecule has 0 aliphatic rings. The second-order valence-corrected chi connectivity index (χ2v) is 6.41. The summed E-state index contributed by atoms with van der Waals surface area (Å²) >= 11 is 1.41. The van der Waals surface area contributed by atoms with Crippen molar-refractivity contribution in [2.45, 2.75) is 13.8 Å². The Bertz CT molecular complexity index is 948. The molecule has 0 atom stereocenters. The SMILES string of the molecule is CC(=O)c1ccc(Nc2nc(-c3ccc(C)c([N+](=O)[O-])c3)cs2)cc1. The third-order valence-electron chi connectivity index (χ3n) is 3.75. The highest BCUT2D eigenvalue weighted by molar-refractivity contribution is 7.14. The molecule has 0 amide bonds. The lowest BCUT2D eigenvalue weighted by molar-refractivity contribution is -0.385. The first-order chi connectivity index (χ1) is 11.9. The van der Waals surface area contributed by atoms with Crippen LogP contribution in [0.1, 0.15) is 22.8 Å². The summed E-state index contributed by atoms with van der Waals surface area (Å²) in [5, 5.41) is 16.8. The molecule has 1 heterocycles. The normalized spacial score (nSPS) is 10.5. The Labute approximate surface area is 148 Å². The van der Waals surface area contributed by atoms with Crippen LogP contribution in [-0.2, 0) is 0 Å². The Morgan fingerprint density at radius 3 is 2.56 bits per heavy atom. The van der Waals surface area contributed by atoms with Crippen LogP contribution in [0.15, 0.2) is 47.8 Å². The van der Waals surface area contributed by atoms with Crippen molar-refractivity contribution in [3.63, 3.8) is 0 Å². The standard InChI is InChI=1S/C18H15N3O3S/c1-11-3-4-14(9-17(11)21(23)24)16-10-25-18(20-16)19-15-7-5-13(6-8-15)12(2)22/h3-10H,1-2H3,(H,19,20). The van der Waals surface area contributed by atoms with Crippen LogP contribution >= 0.6 is 11.3 Å². The van der Waals surface area contributed by atoms with Crippen molar-refractivity contribution in [2.75, 3.05) is 5.32 Å². The summed E-state index contributed by atoms with van der Waals surface area (Å²) in [4.78, 5) is 26.5. The second kappa shape index (κ2) is 6.82. The molecule has 25 heavy (non-hydrogen) atoms. The summed E-state index contributed by atoms with van der Waals surface area (Å²) in [6.45, 7) is 3.23. The molecular weight excluding hydrogens is 338 g/mol. The molecule has 0 saturated carbocycles. The van der Waals surface area contributed by atoms with Crippen LogP contribution in [0, 0.1) is 17.0 Å². The molecule has 0 spiro atoms. The van der Waals surface area contributed by atoms with Crippen LogP contribution in [0.3, 0.4) is 0 Å². The zero-order valence-electron chi connectivity index (χ0n) is 13.6. The number of carbonyl (C=O) groups is 1. The van der Waals surface area contributed by atoms with E-state index in [0.29, 0.717) is 27.5 Å². The number of anilines is 2. The molecule has 2 aromatic carbocycles. The minimum absolute atomic E-state index is 0.0176. The van der Waals surface area contributed by atoms with Gasteiger partial charge in [-0.25, -0.2) is 4.98 Å². The van der Waals surface area contributed by atoms with Crippen LogP contribution in [0.5, 0.6) is 0 Å². The number of thiazole rings is 1. The molecule has 7 heteroatoms. The Morgan fingerprint density at radius 1 is 1.20 bits per heavy atom. The van der Waals surface area contributed by atoms with E-state index < -0.39 is 0 Å². The van der Waals surface area contributed by atoms with E-state index in [1.807, 2.05) is 23.6 Å².